The zero-order chi connectivity index (χ0) is 11.0. The van der Waals surface area contributed by atoms with Gasteiger partial charge in [0.25, 0.3) is 0 Å². The number of hydrogen-bond donors (Lipinski definition) is 3. The van der Waals surface area contributed by atoms with Crippen LogP contribution in [0.25, 0.3) is 0 Å². The van der Waals surface area contributed by atoms with Crippen LogP contribution in [-0.2, 0) is 9.59 Å². The van der Waals surface area contributed by atoms with E-state index < -0.39 is 0 Å². The van der Waals surface area contributed by atoms with Gasteiger partial charge in [0, 0.05) is 6.04 Å². The number of carbonyl (C=O) groups is 2. The van der Waals surface area contributed by atoms with Gasteiger partial charge in [-0.2, -0.15) is 0 Å². The molecule has 0 aliphatic rings. The van der Waals surface area contributed by atoms with Gasteiger partial charge in [-0.25, -0.2) is 0 Å². The summed E-state index contributed by atoms with van der Waals surface area (Å²) in [5, 5.41) is 5.21. The molecule has 0 aliphatic heterocycles. The molecular weight excluding hydrogens is 182 g/mol. The maximum atomic E-state index is 11.2. The predicted molar refractivity (Wildman–Crippen MR) is 54.6 cm³/mol. The van der Waals surface area contributed by atoms with E-state index in [1.807, 2.05) is 13.8 Å². The van der Waals surface area contributed by atoms with Gasteiger partial charge in [-0.1, -0.05) is 13.8 Å². The number of rotatable bonds is 6. The number of hydrogen-bond acceptors (Lipinski definition) is 3. The Bertz CT molecular complexity index is 190. The van der Waals surface area contributed by atoms with Gasteiger partial charge in [0.15, 0.2) is 0 Å². The summed E-state index contributed by atoms with van der Waals surface area (Å²) in [6, 6.07) is 0.192. The first-order chi connectivity index (χ1) is 6.63. The Morgan fingerprint density at radius 2 is 1.79 bits per heavy atom. The lowest BCUT2D eigenvalue weighted by Crippen LogP contribution is -2.42. The van der Waals surface area contributed by atoms with Gasteiger partial charge < -0.3 is 16.4 Å². The van der Waals surface area contributed by atoms with Gasteiger partial charge in [-0.3, -0.25) is 9.59 Å². The molecule has 4 N–H and O–H groups in total. The molecule has 0 spiro atoms. The molecule has 0 aliphatic carbocycles. The third kappa shape index (κ3) is 5.53. The highest BCUT2D eigenvalue weighted by atomic mass is 16.2. The molecule has 0 saturated heterocycles. The first-order valence-electron chi connectivity index (χ1n) is 4.90. The van der Waals surface area contributed by atoms with Crippen LogP contribution >= 0.6 is 0 Å². The van der Waals surface area contributed by atoms with Crippen molar-refractivity contribution >= 4 is 11.8 Å². The van der Waals surface area contributed by atoms with Crippen LogP contribution in [-0.4, -0.2) is 30.9 Å². The fraction of sp³-hybridized carbons (Fsp3) is 0.778. The fourth-order valence-electron chi connectivity index (χ4n) is 1.02. The Labute approximate surface area is 84.4 Å². The second-order valence-corrected chi connectivity index (χ2v) is 3.06. The van der Waals surface area contributed by atoms with E-state index in [0.29, 0.717) is 0 Å². The highest BCUT2D eigenvalue weighted by molar-refractivity contribution is 5.85. The zero-order valence-corrected chi connectivity index (χ0v) is 8.80. The van der Waals surface area contributed by atoms with E-state index in [-0.39, 0.29) is 30.9 Å². The SMILES string of the molecule is CCC(CC)NC(=O)CNC(=O)CN. The molecule has 82 valence electrons. The van der Waals surface area contributed by atoms with Crippen LogP contribution in [0.2, 0.25) is 0 Å². The van der Waals surface area contributed by atoms with Gasteiger partial charge in [-0.05, 0) is 12.8 Å². The standard InChI is InChI=1S/C9H19N3O2/c1-3-7(4-2)12-9(14)6-11-8(13)5-10/h7H,3-6,10H2,1-2H3,(H,11,13)(H,12,14). The summed E-state index contributed by atoms with van der Waals surface area (Å²) in [4.78, 5) is 21.9. The van der Waals surface area contributed by atoms with Crippen molar-refractivity contribution in [1.29, 1.82) is 0 Å². The third-order valence-electron chi connectivity index (χ3n) is 1.98. The zero-order valence-electron chi connectivity index (χ0n) is 8.80. The smallest absolute Gasteiger partial charge is 0.239 e. The van der Waals surface area contributed by atoms with E-state index in [9.17, 15) is 9.59 Å². The molecule has 5 heteroatoms. The molecule has 2 amide bonds. The van der Waals surface area contributed by atoms with Crippen LogP contribution < -0.4 is 16.4 Å². The van der Waals surface area contributed by atoms with Crippen molar-refractivity contribution in [3.05, 3.63) is 0 Å². The topological polar surface area (TPSA) is 84.2 Å². The molecule has 0 aromatic carbocycles. The van der Waals surface area contributed by atoms with E-state index in [2.05, 4.69) is 10.6 Å². The lowest BCUT2D eigenvalue weighted by molar-refractivity contribution is -0.125. The first-order valence-corrected chi connectivity index (χ1v) is 4.90. The summed E-state index contributed by atoms with van der Waals surface area (Å²) >= 11 is 0. The minimum atomic E-state index is -0.315. The molecule has 0 rings (SSSR count). The molecule has 0 aromatic heterocycles. The molecule has 0 radical (unpaired) electrons. The number of nitrogens with one attached hydrogen (secondary N) is 2. The number of nitrogens with two attached hydrogens (primary N) is 1. The average molecular weight is 201 g/mol. The average Bonchev–Trinajstić information content (AvgIpc) is 2.22. The van der Waals surface area contributed by atoms with E-state index >= 15 is 0 Å². The maximum Gasteiger partial charge on any atom is 0.239 e. The Kier molecular flexibility index (Phi) is 6.74. The van der Waals surface area contributed by atoms with Gasteiger partial charge in [0.1, 0.15) is 0 Å². The van der Waals surface area contributed by atoms with Crippen LogP contribution in [0.1, 0.15) is 26.7 Å². The van der Waals surface area contributed by atoms with Gasteiger partial charge in [0.2, 0.25) is 11.8 Å². The molecule has 0 saturated carbocycles. The van der Waals surface area contributed by atoms with Crippen molar-refractivity contribution in [2.75, 3.05) is 13.1 Å². The summed E-state index contributed by atoms with van der Waals surface area (Å²) in [5.74, 6) is -0.481. The van der Waals surface area contributed by atoms with Gasteiger partial charge in [-0.15, -0.1) is 0 Å². The largest absolute Gasteiger partial charge is 0.352 e. The molecule has 0 bridgehead atoms. The number of amides is 2. The lowest BCUT2D eigenvalue weighted by atomic mass is 10.2. The lowest BCUT2D eigenvalue weighted by Gasteiger charge is -2.14. The Morgan fingerprint density at radius 1 is 1.21 bits per heavy atom. The van der Waals surface area contributed by atoms with Crippen LogP contribution in [0.5, 0.6) is 0 Å². The Balaban J connectivity index is 3.69. The molecule has 0 fully saturated rings. The predicted octanol–water partition coefficient (Wildman–Crippen LogP) is -0.634. The highest BCUT2D eigenvalue weighted by Gasteiger charge is 2.08. The van der Waals surface area contributed by atoms with E-state index in [0.717, 1.165) is 12.8 Å². The summed E-state index contributed by atoms with van der Waals surface area (Å²) < 4.78 is 0. The Hall–Kier alpha value is -1.10. The van der Waals surface area contributed by atoms with E-state index in [1.54, 1.807) is 0 Å². The monoisotopic (exact) mass is 201 g/mol. The van der Waals surface area contributed by atoms with E-state index in [4.69, 9.17) is 5.73 Å². The second kappa shape index (κ2) is 7.32. The Morgan fingerprint density at radius 3 is 2.21 bits per heavy atom. The molecule has 0 heterocycles. The van der Waals surface area contributed by atoms with Gasteiger partial charge in [0.05, 0.1) is 13.1 Å². The summed E-state index contributed by atoms with van der Waals surface area (Å²) in [7, 11) is 0. The molecular formula is C9H19N3O2. The van der Waals surface area contributed by atoms with Crippen molar-refractivity contribution in [3.63, 3.8) is 0 Å². The highest BCUT2D eigenvalue weighted by Crippen LogP contribution is 1.94. The molecule has 5 nitrogen and oxygen atoms in total. The fourth-order valence-corrected chi connectivity index (χ4v) is 1.02. The van der Waals surface area contributed by atoms with Crippen molar-refractivity contribution < 1.29 is 9.59 Å². The van der Waals surface area contributed by atoms with Crippen molar-refractivity contribution in [2.24, 2.45) is 5.73 Å². The van der Waals surface area contributed by atoms with Crippen LogP contribution in [0.3, 0.4) is 0 Å². The molecule has 14 heavy (non-hydrogen) atoms. The van der Waals surface area contributed by atoms with E-state index in [1.165, 1.54) is 0 Å². The molecule has 0 aromatic rings. The first kappa shape index (κ1) is 12.9. The summed E-state index contributed by atoms with van der Waals surface area (Å²) in [6.07, 6.45) is 1.79. The van der Waals surface area contributed by atoms with Crippen LogP contribution in [0.15, 0.2) is 0 Å². The van der Waals surface area contributed by atoms with Crippen LogP contribution in [0.4, 0.5) is 0 Å². The molecule has 0 unspecified atom stereocenters. The van der Waals surface area contributed by atoms with Crippen molar-refractivity contribution in [3.8, 4) is 0 Å². The normalized spacial score (nSPS) is 10.0. The third-order valence-corrected chi connectivity index (χ3v) is 1.98. The van der Waals surface area contributed by atoms with Crippen molar-refractivity contribution in [1.82, 2.24) is 10.6 Å². The van der Waals surface area contributed by atoms with Crippen molar-refractivity contribution in [2.45, 2.75) is 32.7 Å². The maximum absolute atomic E-state index is 11.2. The quantitative estimate of drug-likeness (QED) is 0.535. The molecule has 0 atom stereocenters. The minimum absolute atomic E-state index is 0.00648. The summed E-state index contributed by atoms with van der Waals surface area (Å²) in [5.41, 5.74) is 5.07. The minimum Gasteiger partial charge on any atom is -0.352 e. The van der Waals surface area contributed by atoms with Gasteiger partial charge >= 0.3 is 0 Å². The second-order valence-electron chi connectivity index (χ2n) is 3.06. The summed E-state index contributed by atoms with van der Waals surface area (Å²) in [6.45, 7) is 3.94. The number of carbonyl (C=O) groups excluding carboxylic acids is 2. The van der Waals surface area contributed by atoms with Crippen LogP contribution in [0, 0.1) is 0 Å².